The van der Waals surface area contributed by atoms with Gasteiger partial charge >= 0.3 is 12.0 Å². The van der Waals surface area contributed by atoms with Crippen molar-refractivity contribution in [2.24, 2.45) is 5.73 Å². The standard InChI is InChI=1S/C8H8N6O3/c1-3(15)12-8-13-5-4(10-2-11-5)6(14-8)17-7(9)16/h2H,1H3,(H2,9,16)(H2,10,11,12,13,14,15)/p+1. The molecule has 88 valence electrons. The molecule has 9 heteroatoms. The molecule has 0 atom stereocenters. The van der Waals surface area contributed by atoms with E-state index in [9.17, 15) is 9.59 Å². The van der Waals surface area contributed by atoms with Crippen molar-refractivity contribution in [3.8, 4) is 5.88 Å². The third-order valence-electron chi connectivity index (χ3n) is 1.79. The molecular formula is C8H9N6O3+. The number of aromatic nitrogens is 4. The molecule has 0 aliphatic rings. The van der Waals surface area contributed by atoms with Crippen molar-refractivity contribution in [2.45, 2.75) is 6.92 Å². The molecule has 0 aromatic carbocycles. The second kappa shape index (κ2) is 4.04. The number of nitrogens with zero attached hydrogens (tertiary/aromatic N) is 2. The summed E-state index contributed by atoms with van der Waals surface area (Å²) in [4.78, 5) is 34.8. The number of rotatable bonds is 2. The number of anilines is 1. The summed E-state index contributed by atoms with van der Waals surface area (Å²) in [7, 11) is 0. The lowest BCUT2D eigenvalue weighted by molar-refractivity contribution is -0.375. The van der Waals surface area contributed by atoms with Crippen LogP contribution in [0.25, 0.3) is 11.2 Å². The highest BCUT2D eigenvalue weighted by atomic mass is 16.6. The summed E-state index contributed by atoms with van der Waals surface area (Å²) in [6.07, 6.45) is 0.383. The van der Waals surface area contributed by atoms with Gasteiger partial charge in [0.25, 0.3) is 17.4 Å². The maximum Gasteiger partial charge on any atom is 0.412 e. The molecule has 2 rings (SSSR count). The second-order valence-corrected chi connectivity index (χ2v) is 3.12. The smallest absolute Gasteiger partial charge is 0.377 e. The molecule has 0 saturated heterocycles. The van der Waals surface area contributed by atoms with E-state index in [4.69, 9.17) is 10.5 Å². The van der Waals surface area contributed by atoms with Gasteiger partial charge in [-0.15, -0.1) is 0 Å². The summed E-state index contributed by atoms with van der Waals surface area (Å²) in [5.41, 5.74) is 5.57. The van der Waals surface area contributed by atoms with Gasteiger partial charge in [-0.05, 0) is 4.98 Å². The first-order valence-electron chi connectivity index (χ1n) is 4.57. The molecule has 0 radical (unpaired) electrons. The number of amides is 2. The van der Waals surface area contributed by atoms with E-state index in [2.05, 4.69) is 25.3 Å². The van der Waals surface area contributed by atoms with Gasteiger partial charge in [0, 0.05) is 6.92 Å². The van der Waals surface area contributed by atoms with Crippen LogP contribution < -0.4 is 20.8 Å². The van der Waals surface area contributed by atoms with E-state index in [1.54, 1.807) is 0 Å². The Balaban J connectivity index is 2.50. The zero-order valence-corrected chi connectivity index (χ0v) is 8.77. The lowest BCUT2D eigenvalue weighted by Crippen LogP contribution is -2.25. The van der Waals surface area contributed by atoms with Crippen LogP contribution in [-0.2, 0) is 4.79 Å². The van der Waals surface area contributed by atoms with Crippen LogP contribution in [0.2, 0.25) is 0 Å². The molecule has 0 bridgehead atoms. The molecule has 2 heterocycles. The maximum atomic E-state index is 10.9. The molecule has 2 amide bonds. The number of nitrogens with two attached hydrogens (primary N) is 1. The number of carbonyl (C=O) groups excluding carboxylic acids is 2. The highest BCUT2D eigenvalue weighted by Gasteiger charge is 2.19. The number of H-pyrrole nitrogens is 2. The molecular weight excluding hydrogens is 228 g/mol. The summed E-state index contributed by atoms with van der Waals surface area (Å²) in [5, 5.41) is 2.41. The van der Waals surface area contributed by atoms with Gasteiger partial charge in [0.2, 0.25) is 0 Å². The minimum Gasteiger partial charge on any atom is -0.377 e. The van der Waals surface area contributed by atoms with Crippen molar-refractivity contribution in [3.63, 3.8) is 0 Å². The van der Waals surface area contributed by atoms with Crippen molar-refractivity contribution in [2.75, 3.05) is 5.32 Å². The zero-order valence-electron chi connectivity index (χ0n) is 8.77. The lowest BCUT2D eigenvalue weighted by Gasteiger charge is -1.99. The quantitative estimate of drug-likeness (QED) is 0.627. The number of primary amides is 1. The van der Waals surface area contributed by atoms with Crippen LogP contribution in [0.3, 0.4) is 0 Å². The highest BCUT2D eigenvalue weighted by molar-refractivity contribution is 5.87. The van der Waals surface area contributed by atoms with Crippen molar-refractivity contribution in [3.05, 3.63) is 6.33 Å². The van der Waals surface area contributed by atoms with E-state index in [-0.39, 0.29) is 23.4 Å². The SMILES string of the molecule is CC(=O)Nc1nc2nc[nH]c2c(OC(N)=O)[nH+]1. The summed E-state index contributed by atoms with van der Waals surface area (Å²) >= 11 is 0. The van der Waals surface area contributed by atoms with Gasteiger partial charge in [-0.1, -0.05) is 0 Å². The van der Waals surface area contributed by atoms with Crippen LogP contribution in [0.4, 0.5) is 10.7 Å². The lowest BCUT2D eigenvalue weighted by atomic mass is 10.5. The number of carbonyl (C=O) groups is 2. The van der Waals surface area contributed by atoms with Crippen LogP contribution in [0, 0.1) is 0 Å². The minimum atomic E-state index is -0.989. The Hall–Kier alpha value is -2.71. The fourth-order valence-electron chi connectivity index (χ4n) is 1.25. The molecule has 9 nitrogen and oxygen atoms in total. The maximum absolute atomic E-state index is 10.9. The van der Waals surface area contributed by atoms with Gasteiger partial charge in [0.1, 0.15) is 0 Å². The monoisotopic (exact) mass is 237 g/mol. The minimum absolute atomic E-state index is 0.0313. The normalized spacial score (nSPS) is 10.2. The summed E-state index contributed by atoms with van der Waals surface area (Å²) < 4.78 is 4.73. The number of nitrogens with one attached hydrogen (secondary N) is 3. The average molecular weight is 237 g/mol. The number of hydrogen-bond acceptors (Lipinski definition) is 5. The van der Waals surface area contributed by atoms with Crippen LogP contribution in [-0.4, -0.2) is 27.0 Å². The number of fused-ring (bicyclic) bond motifs is 1. The van der Waals surface area contributed by atoms with Gasteiger partial charge in [0.05, 0.1) is 6.33 Å². The van der Waals surface area contributed by atoms with E-state index >= 15 is 0 Å². The van der Waals surface area contributed by atoms with Gasteiger partial charge < -0.3 is 15.5 Å². The molecule has 0 aliphatic carbocycles. The third kappa shape index (κ3) is 2.27. The van der Waals surface area contributed by atoms with Crippen LogP contribution in [0.15, 0.2) is 6.33 Å². The predicted octanol–water partition coefficient (Wildman–Crippen LogP) is -0.812. The predicted molar refractivity (Wildman–Crippen MR) is 55.0 cm³/mol. The van der Waals surface area contributed by atoms with Gasteiger partial charge in [-0.2, -0.15) is 0 Å². The topological polar surface area (TPSA) is 137 Å². The van der Waals surface area contributed by atoms with E-state index in [1.807, 2.05) is 0 Å². The fourth-order valence-corrected chi connectivity index (χ4v) is 1.25. The first-order valence-corrected chi connectivity index (χ1v) is 4.57. The summed E-state index contributed by atoms with van der Waals surface area (Å²) in [6.45, 7) is 1.32. The Labute approximate surface area is 94.4 Å². The van der Waals surface area contributed by atoms with Crippen molar-refractivity contribution < 1.29 is 19.3 Å². The first kappa shape index (κ1) is 10.8. The van der Waals surface area contributed by atoms with Crippen LogP contribution in [0.5, 0.6) is 5.88 Å². The number of hydrogen-bond donors (Lipinski definition) is 3. The van der Waals surface area contributed by atoms with E-state index in [1.165, 1.54) is 13.3 Å². The van der Waals surface area contributed by atoms with Gasteiger partial charge in [-0.25, -0.2) is 20.1 Å². The zero-order chi connectivity index (χ0) is 12.4. The van der Waals surface area contributed by atoms with Crippen molar-refractivity contribution in [1.82, 2.24) is 15.0 Å². The molecule has 0 spiro atoms. The summed E-state index contributed by atoms with van der Waals surface area (Å²) in [5.74, 6) is -0.189. The molecule has 0 fully saturated rings. The Kier molecular flexibility index (Phi) is 2.57. The second-order valence-electron chi connectivity index (χ2n) is 3.12. The molecule has 0 aliphatic heterocycles. The Morgan fingerprint density at radius 2 is 2.35 bits per heavy atom. The molecule has 2 aromatic rings. The Bertz CT molecular complexity index is 592. The highest BCUT2D eigenvalue weighted by Crippen LogP contribution is 2.16. The summed E-state index contributed by atoms with van der Waals surface area (Å²) in [6, 6.07) is 0. The van der Waals surface area contributed by atoms with Crippen molar-refractivity contribution >= 4 is 29.1 Å². The van der Waals surface area contributed by atoms with E-state index in [0.29, 0.717) is 5.52 Å². The van der Waals surface area contributed by atoms with Crippen molar-refractivity contribution in [1.29, 1.82) is 0 Å². The molecule has 5 N–H and O–H groups in total. The van der Waals surface area contributed by atoms with Crippen LogP contribution in [0.1, 0.15) is 6.92 Å². The molecule has 0 unspecified atom stereocenters. The van der Waals surface area contributed by atoms with Gasteiger partial charge in [-0.3, -0.25) is 4.79 Å². The van der Waals surface area contributed by atoms with E-state index < -0.39 is 6.09 Å². The van der Waals surface area contributed by atoms with Crippen LogP contribution >= 0.6 is 0 Å². The Morgan fingerprint density at radius 3 is 3.00 bits per heavy atom. The molecule has 2 aromatic heterocycles. The number of ether oxygens (including phenoxy) is 1. The Morgan fingerprint density at radius 1 is 1.59 bits per heavy atom. The molecule has 0 saturated carbocycles. The third-order valence-corrected chi connectivity index (χ3v) is 1.79. The first-order chi connectivity index (χ1) is 8.06. The fraction of sp³-hybridized carbons (Fsp3) is 0.125. The van der Waals surface area contributed by atoms with E-state index in [0.717, 1.165) is 0 Å². The average Bonchev–Trinajstić information content (AvgIpc) is 2.63. The van der Waals surface area contributed by atoms with Gasteiger partial charge in [0.15, 0.2) is 5.52 Å². The number of imidazole rings is 1. The number of aromatic amines is 2. The largest absolute Gasteiger partial charge is 0.412 e. The molecule has 17 heavy (non-hydrogen) atoms.